The fourth-order valence-corrected chi connectivity index (χ4v) is 1.84. The first kappa shape index (κ1) is 12.5. The predicted octanol–water partition coefficient (Wildman–Crippen LogP) is 2.01. The van der Waals surface area contributed by atoms with Gasteiger partial charge in [0.1, 0.15) is 0 Å². The van der Waals surface area contributed by atoms with E-state index in [0.717, 1.165) is 0 Å². The number of carboxylic acids is 1. The van der Waals surface area contributed by atoms with E-state index in [9.17, 15) is 9.59 Å². The van der Waals surface area contributed by atoms with E-state index in [-0.39, 0.29) is 6.10 Å². The van der Waals surface area contributed by atoms with Gasteiger partial charge in [0.15, 0.2) is 6.04 Å². The van der Waals surface area contributed by atoms with Crippen LogP contribution in [0.15, 0.2) is 17.5 Å². The molecule has 0 fully saturated rings. The molecule has 1 atom stereocenters. The lowest BCUT2D eigenvalue weighted by atomic mass is 10.2. The maximum absolute atomic E-state index is 11.3. The number of nitrogens with one attached hydrogen (secondary N) is 1. The number of alkyl carbamates (subject to hydrolysis) is 1. The summed E-state index contributed by atoms with van der Waals surface area (Å²) in [5.41, 5.74) is 0. The Labute approximate surface area is 97.0 Å². The number of hydrogen-bond acceptors (Lipinski definition) is 4. The van der Waals surface area contributed by atoms with Gasteiger partial charge in [0.05, 0.1) is 6.10 Å². The lowest BCUT2D eigenvalue weighted by molar-refractivity contribution is -0.139. The van der Waals surface area contributed by atoms with Gasteiger partial charge in [-0.05, 0) is 25.3 Å². The molecule has 5 nitrogen and oxygen atoms in total. The molecule has 1 amide bonds. The Morgan fingerprint density at radius 3 is 2.62 bits per heavy atom. The molecule has 0 bridgehead atoms. The van der Waals surface area contributed by atoms with Crippen molar-refractivity contribution in [3.63, 3.8) is 0 Å². The quantitative estimate of drug-likeness (QED) is 0.848. The number of hydrogen-bond donors (Lipinski definition) is 2. The lowest BCUT2D eigenvalue weighted by Gasteiger charge is -2.14. The SMILES string of the molecule is CC(C)OC(=O)NC(C(=O)O)c1cccs1. The van der Waals surface area contributed by atoms with Gasteiger partial charge in [-0.1, -0.05) is 6.07 Å². The van der Waals surface area contributed by atoms with Crippen LogP contribution in [0.1, 0.15) is 24.8 Å². The first-order valence-electron chi connectivity index (χ1n) is 4.74. The summed E-state index contributed by atoms with van der Waals surface area (Å²) in [4.78, 5) is 22.8. The normalized spacial score (nSPS) is 12.2. The highest BCUT2D eigenvalue weighted by Gasteiger charge is 2.23. The second-order valence-electron chi connectivity index (χ2n) is 3.39. The van der Waals surface area contributed by atoms with Gasteiger partial charge in [-0.25, -0.2) is 9.59 Å². The van der Waals surface area contributed by atoms with Gasteiger partial charge in [-0.3, -0.25) is 0 Å². The van der Waals surface area contributed by atoms with E-state index in [1.165, 1.54) is 11.3 Å². The second-order valence-corrected chi connectivity index (χ2v) is 4.36. The number of carbonyl (C=O) groups excluding carboxylic acids is 1. The third-order valence-corrected chi connectivity index (χ3v) is 2.62. The Morgan fingerprint density at radius 1 is 1.50 bits per heavy atom. The zero-order chi connectivity index (χ0) is 12.1. The highest BCUT2D eigenvalue weighted by Crippen LogP contribution is 2.19. The van der Waals surface area contributed by atoms with Gasteiger partial charge >= 0.3 is 12.1 Å². The molecule has 0 spiro atoms. The van der Waals surface area contributed by atoms with Crippen LogP contribution in [0, 0.1) is 0 Å². The van der Waals surface area contributed by atoms with E-state index in [1.54, 1.807) is 31.4 Å². The number of carboxylic acid groups (broad SMARTS) is 1. The Bertz CT molecular complexity index is 361. The smallest absolute Gasteiger partial charge is 0.408 e. The number of aliphatic carboxylic acids is 1. The van der Waals surface area contributed by atoms with Crippen molar-refractivity contribution in [3.8, 4) is 0 Å². The highest BCUT2D eigenvalue weighted by atomic mass is 32.1. The number of amides is 1. The van der Waals surface area contributed by atoms with Crippen LogP contribution in [-0.4, -0.2) is 23.3 Å². The van der Waals surface area contributed by atoms with Crippen LogP contribution in [0.25, 0.3) is 0 Å². The van der Waals surface area contributed by atoms with Crippen LogP contribution < -0.4 is 5.32 Å². The molecule has 1 rings (SSSR count). The molecule has 1 unspecified atom stereocenters. The van der Waals surface area contributed by atoms with Gasteiger partial charge in [-0.2, -0.15) is 0 Å². The van der Waals surface area contributed by atoms with Crippen molar-refractivity contribution < 1.29 is 19.4 Å². The van der Waals surface area contributed by atoms with Crippen LogP contribution in [0.5, 0.6) is 0 Å². The van der Waals surface area contributed by atoms with E-state index >= 15 is 0 Å². The fraction of sp³-hybridized carbons (Fsp3) is 0.400. The summed E-state index contributed by atoms with van der Waals surface area (Å²) in [6.07, 6.45) is -1.01. The Kier molecular flexibility index (Phi) is 4.30. The molecule has 6 heteroatoms. The molecule has 0 saturated carbocycles. The van der Waals surface area contributed by atoms with Crippen LogP contribution in [0.3, 0.4) is 0 Å². The monoisotopic (exact) mass is 243 g/mol. The summed E-state index contributed by atoms with van der Waals surface area (Å²) in [7, 11) is 0. The zero-order valence-corrected chi connectivity index (χ0v) is 9.78. The highest BCUT2D eigenvalue weighted by molar-refractivity contribution is 7.10. The third kappa shape index (κ3) is 3.54. The van der Waals surface area contributed by atoms with Crippen molar-refractivity contribution in [2.24, 2.45) is 0 Å². The van der Waals surface area contributed by atoms with Crippen LogP contribution in [0.2, 0.25) is 0 Å². The largest absolute Gasteiger partial charge is 0.479 e. The van der Waals surface area contributed by atoms with Crippen LogP contribution in [0.4, 0.5) is 4.79 Å². The number of ether oxygens (including phenoxy) is 1. The summed E-state index contributed by atoms with van der Waals surface area (Å²) in [5.74, 6) is -1.11. The van der Waals surface area contributed by atoms with Crippen LogP contribution in [-0.2, 0) is 9.53 Å². The van der Waals surface area contributed by atoms with Gasteiger partial charge in [0, 0.05) is 4.88 Å². The minimum Gasteiger partial charge on any atom is -0.479 e. The van der Waals surface area contributed by atoms with E-state index in [0.29, 0.717) is 4.88 Å². The number of thiophene rings is 1. The van der Waals surface area contributed by atoms with Gasteiger partial charge in [0.2, 0.25) is 0 Å². The Balaban J connectivity index is 2.67. The molecular formula is C10H13NO4S. The predicted molar refractivity (Wildman–Crippen MR) is 59.4 cm³/mol. The van der Waals surface area contributed by atoms with E-state index in [4.69, 9.17) is 9.84 Å². The number of carbonyl (C=O) groups is 2. The standard InChI is InChI=1S/C10H13NO4S/c1-6(2)15-10(14)11-8(9(12)13)7-4-3-5-16-7/h3-6,8H,1-2H3,(H,11,14)(H,12,13). The Hall–Kier alpha value is -1.56. The van der Waals surface area contributed by atoms with Gasteiger partial charge in [0.25, 0.3) is 0 Å². The third-order valence-electron chi connectivity index (χ3n) is 1.68. The minimum absolute atomic E-state index is 0.280. The molecule has 88 valence electrons. The van der Waals surface area contributed by atoms with Crippen molar-refractivity contribution in [1.82, 2.24) is 5.32 Å². The van der Waals surface area contributed by atoms with Crippen molar-refractivity contribution >= 4 is 23.4 Å². The summed E-state index contributed by atoms with van der Waals surface area (Å²) in [6, 6.07) is 2.33. The molecule has 2 N–H and O–H groups in total. The summed E-state index contributed by atoms with van der Waals surface area (Å²) < 4.78 is 4.82. The summed E-state index contributed by atoms with van der Waals surface area (Å²) in [6.45, 7) is 3.39. The molecule has 1 aromatic rings. The molecule has 0 aliphatic carbocycles. The molecule has 0 aromatic carbocycles. The first-order chi connectivity index (χ1) is 7.50. The number of rotatable bonds is 4. The average Bonchev–Trinajstić information content (AvgIpc) is 2.64. The molecule has 0 saturated heterocycles. The first-order valence-corrected chi connectivity index (χ1v) is 5.62. The molecule has 1 aromatic heterocycles. The van der Waals surface area contributed by atoms with Crippen LogP contribution >= 0.6 is 11.3 Å². The van der Waals surface area contributed by atoms with E-state index in [2.05, 4.69) is 5.32 Å². The molecule has 0 radical (unpaired) electrons. The van der Waals surface area contributed by atoms with Crippen molar-refractivity contribution in [3.05, 3.63) is 22.4 Å². The molecule has 0 aliphatic rings. The van der Waals surface area contributed by atoms with Crippen molar-refractivity contribution in [2.45, 2.75) is 26.0 Å². The summed E-state index contributed by atoms with van der Waals surface area (Å²) >= 11 is 1.27. The molecular weight excluding hydrogens is 230 g/mol. The minimum atomic E-state index is -1.11. The van der Waals surface area contributed by atoms with Crippen molar-refractivity contribution in [1.29, 1.82) is 0 Å². The molecule has 1 heterocycles. The lowest BCUT2D eigenvalue weighted by Crippen LogP contribution is -2.34. The topological polar surface area (TPSA) is 75.6 Å². The maximum Gasteiger partial charge on any atom is 0.408 e. The Morgan fingerprint density at radius 2 is 2.19 bits per heavy atom. The van der Waals surface area contributed by atoms with Crippen molar-refractivity contribution in [2.75, 3.05) is 0 Å². The van der Waals surface area contributed by atoms with E-state index < -0.39 is 18.1 Å². The summed E-state index contributed by atoms with van der Waals surface area (Å²) in [5, 5.41) is 13.0. The molecule has 16 heavy (non-hydrogen) atoms. The fourth-order valence-electron chi connectivity index (χ4n) is 1.08. The second kappa shape index (κ2) is 5.50. The molecule has 0 aliphatic heterocycles. The average molecular weight is 243 g/mol. The zero-order valence-electron chi connectivity index (χ0n) is 8.97. The van der Waals surface area contributed by atoms with Gasteiger partial charge in [-0.15, -0.1) is 11.3 Å². The van der Waals surface area contributed by atoms with Gasteiger partial charge < -0.3 is 15.2 Å². The van der Waals surface area contributed by atoms with E-state index in [1.807, 2.05) is 0 Å². The maximum atomic E-state index is 11.3.